The summed E-state index contributed by atoms with van der Waals surface area (Å²) in [5.41, 5.74) is 7.57. The molecule has 0 saturated heterocycles. The van der Waals surface area contributed by atoms with Crippen molar-refractivity contribution in [2.45, 2.75) is 51.0 Å². The van der Waals surface area contributed by atoms with Gasteiger partial charge in [0.2, 0.25) is 0 Å². The Balaban J connectivity index is 2.07. The fourth-order valence-electron chi connectivity index (χ4n) is 2.93. The molecule has 0 bridgehead atoms. The summed E-state index contributed by atoms with van der Waals surface area (Å²) in [5, 5.41) is 0. The standard InChI is InChI=1S/C14H22N2/c1-2-4-11-6-7-14(15)13(9-11)12-5-3-8-16-10-12/h3,5,8,10-11,13-14H,2,4,6-7,9,15H2,1H3. The number of nitrogens with zero attached hydrogens (tertiary/aromatic N) is 1. The Labute approximate surface area is 98.3 Å². The fourth-order valence-corrected chi connectivity index (χ4v) is 2.93. The highest BCUT2D eigenvalue weighted by molar-refractivity contribution is 5.18. The van der Waals surface area contributed by atoms with Crippen LogP contribution in [0.25, 0.3) is 0 Å². The van der Waals surface area contributed by atoms with Crippen molar-refractivity contribution in [3.05, 3.63) is 30.1 Å². The van der Waals surface area contributed by atoms with Gasteiger partial charge in [0.15, 0.2) is 0 Å². The molecule has 0 aromatic carbocycles. The molecule has 2 heteroatoms. The minimum absolute atomic E-state index is 0.331. The van der Waals surface area contributed by atoms with Crippen LogP contribution in [-0.2, 0) is 0 Å². The van der Waals surface area contributed by atoms with E-state index in [4.69, 9.17) is 5.73 Å². The predicted octanol–water partition coefficient (Wildman–Crippen LogP) is 3.09. The maximum Gasteiger partial charge on any atom is 0.0303 e. The second kappa shape index (κ2) is 5.44. The number of hydrogen-bond donors (Lipinski definition) is 1. The van der Waals surface area contributed by atoms with Gasteiger partial charge >= 0.3 is 0 Å². The third kappa shape index (κ3) is 2.62. The van der Waals surface area contributed by atoms with E-state index in [1.54, 1.807) is 0 Å². The summed E-state index contributed by atoms with van der Waals surface area (Å²) in [6.07, 6.45) is 10.2. The smallest absolute Gasteiger partial charge is 0.0303 e. The van der Waals surface area contributed by atoms with E-state index in [2.05, 4.69) is 18.0 Å². The zero-order chi connectivity index (χ0) is 11.4. The van der Waals surface area contributed by atoms with E-state index >= 15 is 0 Å². The van der Waals surface area contributed by atoms with Gasteiger partial charge in [-0.3, -0.25) is 4.98 Å². The van der Waals surface area contributed by atoms with Crippen molar-refractivity contribution in [2.24, 2.45) is 11.7 Å². The average Bonchev–Trinajstić information content (AvgIpc) is 2.33. The fraction of sp³-hybridized carbons (Fsp3) is 0.643. The average molecular weight is 218 g/mol. The summed E-state index contributed by atoms with van der Waals surface area (Å²) in [5.74, 6) is 1.40. The van der Waals surface area contributed by atoms with E-state index in [1.165, 1.54) is 37.7 Å². The molecule has 2 nitrogen and oxygen atoms in total. The van der Waals surface area contributed by atoms with E-state index in [9.17, 15) is 0 Å². The van der Waals surface area contributed by atoms with E-state index in [0.29, 0.717) is 12.0 Å². The van der Waals surface area contributed by atoms with Gasteiger partial charge in [-0.15, -0.1) is 0 Å². The molecule has 0 amide bonds. The van der Waals surface area contributed by atoms with Crippen LogP contribution in [-0.4, -0.2) is 11.0 Å². The monoisotopic (exact) mass is 218 g/mol. The molecule has 16 heavy (non-hydrogen) atoms. The van der Waals surface area contributed by atoms with Crippen molar-refractivity contribution >= 4 is 0 Å². The number of pyridine rings is 1. The molecule has 2 rings (SSSR count). The van der Waals surface area contributed by atoms with Crippen molar-refractivity contribution in [1.29, 1.82) is 0 Å². The van der Waals surface area contributed by atoms with E-state index in [-0.39, 0.29) is 0 Å². The molecular formula is C14H22N2. The molecule has 88 valence electrons. The van der Waals surface area contributed by atoms with Gasteiger partial charge in [-0.2, -0.15) is 0 Å². The Morgan fingerprint density at radius 1 is 1.44 bits per heavy atom. The molecule has 1 aliphatic rings. The first kappa shape index (κ1) is 11.6. The quantitative estimate of drug-likeness (QED) is 0.846. The van der Waals surface area contributed by atoms with Gasteiger partial charge in [0, 0.05) is 24.4 Å². The normalized spacial score (nSPS) is 30.2. The van der Waals surface area contributed by atoms with Crippen LogP contribution in [0.2, 0.25) is 0 Å². The highest BCUT2D eigenvalue weighted by Gasteiger charge is 2.28. The van der Waals surface area contributed by atoms with Gasteiger partial charge in [-0.1, -0.05) is 25.8 Å². The lowest BCUT2D eigenvalue weighted by molar-refractivity contribution is 0.274. The number of hydrogen-bond acceptors (Lipinski definition) is 2. The first-order valence-corrected chi connectivity index (χ1v) is 6.46. The van der Waals surface area contributed by atoms with Gasteiger partial charge in [0.25, 0.3) is 0 Å². The minimum atomic E-state index is 0.331. The van der Waals surface area contributed by atoms with Crippen molar-refractivity contribution in [2.75, 3.05) is 0 Å². The highest BCUT2D eigenvalue weighted by Crippen LogP contribution is 2.37. The number of nitrogens with two attached hydrogens (primary N) is 1. The maximum absolute atomic E-state index is 6.24. The Kier molecular flexibility index (Phi) is 3.94. The molecule has 0 spiro atoms. The topological polar surface area (TPSA) is 38.9 Å². The lowest BCUT2D eigenvalue weighted by atomic mass is 9.74. The number of aromatic nitrogens is 1. The SMILES string of the molecule is CCCC1CCC(N)C(c2cccnc2)C1. The summed E-state index contributed by atoms with van der Waals surface area (Å²) in [4.78, 5) is 4.21. The van der Waals surface area contributed by atoms with Gasteiger partial charge < -0.3 is 5.73 Å². The van der Waals surface area contributed by atoms with Crippen LogP contribution in [0.3, 0.4) is 0 Å². The zero-order valence-electron chi connectivity index (χ0n) is 10.1. The van der Waals surface area contributed by atoms with Gasteiger partial charge in [-0.05, 0) is 36.8 Å². The molecule has 1 aromatic rings. The molecule has 0 radical (unpaired) electrons. The number of rotatable bonds is 3. The first-order valence-electron chi connectivity index (χ1n) is 6.46. The zero-order valence-corrected chi connectivity index (χ0v) is 10.1. The summed E-state index contributed by atoms with van der Waals surface area (Å²) in [6, 6.07) is 4.52. The summed E-state index contributed by atoms with van der Waals surface area (Å²) in [7, 11) is 0. The molecule has 3 atom stereocenters. The molecule has 2 N–H and O–H groups in total. The summed E-state index contributed by atoms with van der Waals surface area (Å²) >= 11 is 0. The van der Waals surface area contributed by atoms with Crippen LogP contribution in [0, 0.1) is 5.92 Å². The second-order valence-corrected chi connectivity index (χ2v) is 5.02. The van der Waals surface area contributed by atoms with E-state index in [1.807, 2.05) is 18.5 Å². The first-order chi connectivity index (χ1) is 7.81. The molecule has 1 aliphatic carbocycles. The third-order valence-corrected chi connectivity index (χ3v) is 3.82. The molecule has 1 aromatic heterocycles. The molecular weight excluding hydrogens is 196 g/mol. The lowest BCUT2D eigenvalue weighted by Gasteiger charge is -2.34. The van der Waals surface area contributed by atoms with Crippen LogP contribution >= 0.6 is 0 Å². The van der Waals surface area contributed by atoms with E-state index < -0.39 is 0 Å². The molecule has 1 saturated carbocycles. The van der Waals surface area contributed by atoms with Crippen LogP contribution < -0.4 is 5.73 Å². The van der Waals surface area contributed by atoms with Crippen molar-refractivity contribution < 1.29 is 0 Å². The Bertz CT molecular complexity index is 310. The minimum Gasteiger partial charge on any atom is -0.327 e. The van der Waals surface area contributed by atoms with E-state index in [0.717, 1.165) is 5.92 Å². The van der Waals surface area contributed by atoms with Crippen molar-refractivity contribution in [3.63, 3.8) is 0 Å². The third-order valence-electron chi connectivity index (χ3n) is 3.82. The second-order valence-electron chi connectivity index (χ2n) is 5.02. The van der Waals surface area contributed by atoms with Crippen LogP contribution in [0.15, 0.2) is 24.5 Å². The Hall–Kier alpha value is -0.890. The Morgan fingerprint density at radius 3 is 3.00 bits per heavy atom. The van der Waals surface area contributed by atoms with Crippen molar-refractivity contribution in [3.8, 4) is 0 Å². The largest absolute Gasteiger partial charge is 0.327 e. The molecule has 3 unspecified atom stereocenters. The van der Waals surface area contributed by atoms with Crippen LogP contribution in [0.5, 0.6) is 0 Å². The van der Waals surface area contributed by atoms with Gasteiger partial charge in [0.05, 0.1) is 0 Å². The molecule has 0 aliphatic heterocycles. The van der Waals surface area contributed by atoms with Crippen LogP contribution in [0.4, 0.5) is 0 Å². The van der Waals surface area contributed by atoms with Gasteiger partial charge in [0.1, 0.15) is 0 Å². The molecule has 1 fully saturated rings. The van der Waals surface area contributed by atoms with Crippen LogP contribution in [0.1, 0.15) is 50.5 Å². The van der Waals surface area contributed by atoms with Gasteiger partial charge in [-0.25, -0.2) is 0 Å². The predicted molar refractivity (Wildman–Crippen MR) is 67.2 cm³/mol. The van der Waals surface area contributed by atoms with Crippen molar-refractivity contribution in [1.82, 2.24) is 4.98 Å². The maximum atomic E-state index is 6.24. The highest BCUT2D eigenvalue weighted by atomic mass is 14.7. The summed E-state index contributed by atoms with van der Waals surface area (Å²) < 4.78 is 0. The molecule has 1 heterocycles. The lowest BCUT2D eigenvalue weighted by Crippen LogP contribution is -2.34. The Morgan fingerprint density at radius 2 is 2.31 bits per heavy atom. The summed E-state index contributed by atoms with van der Waals surface area (Å²) in [6.45, 7) is 2.27.